The zero-order valence-corrected chi connectivity index (χ0v) is 12.3. The second-order valence-electron chi connectivity index (χ2n) is 5.02. The van der Waals surface area contributed by atoms with Crippen molar-refractivity contribution in [1.29, 1.82) is 0 Å². The summed E-state index contributed by atoms with van der Waals surface area (Å²) in [6, 6.07) is 3.33. The van der Waals surface area contributed by atoms with E-state index in [1.54, 1.807) is 27.0 Å². The summed E-state index contributed by atoms with van der Waals surface area (Å²) in [5.74, 6) is -0.792. The van der Waals surface area contributed by atoms with Gasteiger partial charge in [0.15, 0.2) is 0 Å². The molecule has 1 heterocycles. The Morgan fingerprint density at radius 3 is 2.45 bits per heavy atom. The summed E-state index contributed by atoms with van der Waals surface area (Å²) in [5.41, 5.74) is 0.608. The maximum absolute atomic E-state index is 13.4. The third kappa shape index (κ3) is 2.50. The highest BCUT2D eigenvalue weighted by Gasteiger charge is 2.39. The van der Waals surface area contributed by atoms with Crippen molar-refractivity contribution in [3.63, 3.8) is 0 Å². The number of rotatable bonds is 2. The number of carbonyl (C=O) groups is 2. The number of hydrogen-bond donors (Lipinski definition) is 0. The maximum Gasteiger partial charge on any atom is 0.246 e. The lowest BCUT2D eigenvalue weighted by molar-refractivity contribution is -0.159. The normalized spacial score (nSPS) is 23.4. The van der Waals surface area contributed by atoms with E-state index in [9.17, 15) is 14.0 Å². The van der Waals surface area contributed by atoms with Crippen molar-refractivity contribution in [2.45, 2.75) is 32.5 Å². The molecule has 0 bridgehead atoms. The van der Waals surface area contributed by atoms with E-state index in [0.29, 0.717) is 5.56 Å². The first-order chi connectivity index (χ1) is 9.32. The molecule has 0 unspecified atom stereocenters. The van der Waals surface area contributed by atoms with Crippen LogP contribution < -0.4 is 0 Å². The molecule has 0 radical (unpaired) electrons. The number of nitrogens with zero attached hydrogens (tertiary/aromatic N) is 2. The third-order valence-electron chi connectivity index (χ3n) is 3.73. The Kier molecular flexibility index (Phi) is 3.99. The van der Waals surface area contributed by atoms with E-state index < -0.39 is 17.9 Å². The number of piperazine rings is 1. The van der Waals surface area contributed by atoms with Crippen molar-refractivity contribution in [1.82, 2.24) is 9.80 Å². The van der Waals surface area contributed by atoms with Crippen molar-refractivity contribution in [2.75, 3.05) is 7.05 Å². The Hall–Kier alpha value is -1.62. The highest BCUT2D eigenvalue weighted by Crippen LogP contribution is 2.21. The van der Waals surface area contributed by atoms with Crippen molar-refractivity contribution in [3.8, 4) is 0 Å². The molecule has 4 nitrogen and oxygen atoms in total. The van der Waals surface area contributed by atoms with Gasteiger partial charge in [0.25, 0.3) is 0 Å². The number of likely N-dealkylation sites (N-methyl/N-ethyl adjacent to an activating group) is 1. The van der Waals surface area contributed by atoms with Gasteiger partial charge < -0.3 is 9.80 Å². The van der Waals surface area contributed by atoms with Gasteiger partial charge in [0.2, 0.25) is 11.8 Å². The number of hydrogen-bond acceptors (Lipinski definition) is 2. The fourth-order valence-electron chi connectivity index (χ4n) is 2.26. The summed E-state index contributed by atoms with van der Waals surface area (Å²) in [6.45, 7) is 3.55. The van der Waals surface area contributed by atoms with Crippen LogP contribution in [0, 0.1) is 5.82 Å². The molecule has 0 aromatic heterocycles. The summed E-state index contributed by atoms with van der Waals surface area (Å²) >= 11 is 5.63. The molecule has 0 saturated carbocycles. The number of amides is 2. The van der Waals surface area contributed by atoms with E-state index in [2.05, 4.69) is 0 Å². The molecule has 2 amide bonds. The quantitative estimate of drug-likeness (QED) is 0.838. The molecule has 2 atom stereocenters. The largest absolute Gasteiger partial charge is 0.332 e. The molecule has 1 aliphatic rings. The minimum Gasteiger partial charge on any atom is -0.332 e. The summed E-state index contributed by atoms with van der Waals surface area (Å²) in [7, 11) is 1.61. The molecule has 1 fully saturated rings. The van der Waals surface area contributed by atoms with Crippen molar-refractivity contribution in [3.05, 3.63) is 34.6 Å². The molecule has 2 rings (SSSR count). The van der Waals surface area contributed by atoms with Gasteiger partial charge in [0.05, 0.1) is 5.02 Å². The molecule has 1 aromatic carbocycles. The number of carbonyl (C=O) groups excluding carboxylic acids is 2. The molecular weight excluding hydrogens is 283 g/mol. The lowest BCUT2D eigenvalue weighted by Crippen LogP contribution is -2.61. The van der Waals surface area contributed by atoms with Gasteiger partial charge in [-0.15, -0.1) is 0 Å². The molecule has 0 N–H and O–H groups in total. The molecule has 6 heteroatoms. The van der Waals surface area contributed by atoms with E-state index in [4.69, 9.17) is 11.6 Å². The van der Waals surface area contributed by atoms with Crippen LogP contribution in [0.25, 0.3) is 0 Å². The fourth-order valence-corrected chi connectivity index (χ4v) is 2.38. The first-order valence-corrected chi connectivity index (χ1v) is 6.71. The van der Waals surface area contributed by atoms with Crippen LogP contribution in [-0.2, 0) is 16.1 Å². The zero-order valence-electron chi connectivity index (χ0n) is 11.6. The zero-order chi connectivity index (χ0) is 15.0. The van der Waals surface area contributed by atoms with Gasteiger partial charge in [-0.1, -0.05) is 17.7 Å². The minimum atomic E-state index is -0.553. The third-order valence-corrected chi connectivity index (χ3v) is 4.04. The van der Waals surface area contributed by atoms with Gasteiger partial charge in [-0.25, -0.2) is 4.39 Å². The monoisotopic (exact) mass is 298 g/mol. The van der Waals surface area contributed by atoms with E-state index in [0.717, 1.165) is 0 Å². The van der Waals surface area contributed by atoms with Crippen LogP contribution in [0.15, 0.2) is 18.2 Å². The van der Waals surface area contributed by atoms with Crippen LogP contribution in [0.3, 0.4) is 0 Å². The van der Waals surface area contributed by atoms with E-state index >= 15 is 0 Å². The van der Waals surface area contributed by atoms with E-state index in [1.165, 1.54) is 21.9 Å². The smallest absolute Gasteiger partial charge is 0.246 e. The van der Waals surface area contributed by atoms with Gasteiger partial charge in [0.1, 0.15) is 17.9 Å². The lowest BCUT2D eigenvalue weighted by Gasteiger charge is -2.41. The van der Waals surface area contributed by atoms with Crippen molar-refractivity contribution < 1.29 is 14.0 Å². The first kappa shape index (κ1) is 14.8. The molecule has 1 saturated heterocycles. The van der Waals surface area contributed by atoms with Crippen LogP contribution >= 0.6 is 11.6 Å². The minimum absolute atomic E-state index is 0.0379. The Balaban J connectivity index is 2.25. The van der Waals surface area contributed by atoms with Crippen LogP contribution in [0.1, 0.15) is 19.4 Å². The molecule has 20 heavy (non-hydrogen) atoms. The summed E-state index contributed by atoms with van der Waals surface area (Å²) in [5, 5.41) is 0.0379. The molecule has 1 aromatic rings. The van der Waals surface area contributed by atoms with Gasteiger partial charge in [-0.3, -0.25) is 9.59 Å². The summed E-state index contributed by atoms with van der Waals surface area (Å²) < 4.78 is 13.4. The lowest BCUT2D eigenvalue weighted by atomic mass is 10.1. The van der Waals surface area contributed by atoms with Gasteiger partial charge in [-0.2, -0.15) is 0 Å². The molecule has 0 aliphatic carbocycles. The van der Waals surface area contributed by atoms with Crippen molar-refractivity contribution >= 4 is 23.4 Å². The highest BCUT2D eigenvalue weighted by atomic mass is 35.5. The second-order valence-corrected chi connectivity index (χ2v) is 5.42. The molecule has 0 spiro atoms. The number of halogens is 2. The second kappa shape index (κ2) is 5.40. The molecule has 108 valence electrons. The van der Waals surface area contributed by atoms with Crippen LogP contribution in [0.4, 0.5) is 4.39 Å². The Morgan fingerprint density at radius 2 is 1.85 bits per heavy atom. The van der Waals surface area contributed by atoms with Gasteiger partial charge >= 0.3 is 0 Å². The van der Waals surface area contributed by atoms with Gasteiger partial charge in [-0.05, 0) is 31.5 Å². The highest BCUT2D eigenvalue weighted by molar-refractivity contribution is 6.30. The van der Waals surface area contributed by atoms with Crippen LogP contribution in [0.5, 0.6) is 0 Å². The van der Waals surface area contributed by atoms with E-state index in [1.807, 2.05) is 0 Å². The predicted octanol–water partition coefficient (Wildman–Crippen LogP) is 2.06. The SMILES string of the molecule is C[C@H]1C(=O)N(Cc2ccc(Cl)c(F)c2)[C@@H](C)C(=O)N1C. The van der Waals surface area contributed by atoms with Gasteiger partial charge in [0, 0.05) is 13.6 Å². The Labute approximate surface area is 122 Å². The fraction of sp³-hybridized carbons (Fsp3) is 0.429. The topological polar surface area (TPSA) is 40.6 Å². The molecule has 1 aliphatic heterocycles. The summed E-state index contributed by atoms with van der Waals surface area (Å²) in [4.78, 5) is 27.2. The Bertz CT molecular complexity index is 564. The average Bonchev–Trinajstić information content (AvgIpc) is 2.43. The van der Waals surface area contributed by atoms with Crippen LogP contribution in [-0.4, -0.2) is 40.7 Å². The predicted molar refractivity (Wildman–Crippen MR) is 73.7 cm³/mol. The Morgan fingerprint density at radius 1 is 1.20 bits per heavy atom. The number of benzene rings is 1. The maximum atomic E-state index is 13.4. The first-order valence-electron chi connectivity index (χ1n) is 6.34. The average molecular weight is 299 g/mol. The molecular formula is C14H16ClFN2O2. The van der Waals surface area contributed by atoms with Crippen LogP contribution in [0.2, 0.25) is 5.02 Å². The standard InChI is InChI=1S/C14H16ClFN2O2/c1-8-14(20)18(9(2)13(19)17(8)3)7-10-4-5-11(15)12(16)6-10/h4-6,8-9H,7H2,1-3H3/t8-,9-/m0/s1. The van der Waals surface area contributed by atoms with E-state index in [-0.39, 0.29) is 23.4 Å². The summed E-state index contributed by atoms with van der Waals surface area (Å²) in [6.07, 6.45) is 0. The van der Waals surface area contributed by atoms with Crippen molar-refractivity contribution in [2.24, 2.45) is 0 Å².